The van der Waals surface area contributed by atoms with Gasteiger partial charge < -0.3 is 9.64 Å². The molecule has 0 aliphatic heterocycles. The first-order valence-electron chi connectivity index (χ1n) is 10.1. The molecular formula is C23H26ClN3O3S. The van der Waals surface area contributed by atoms with Crippen molar-refractivity contribution < 1.29 is 9.53 Å². The van der Waals surface area contributed by atoms with E-state index in [9.17, 15) is 9.59 Å². The average Bonchev–Trinajstić information content (AvgIpc) is 2.74. The summed E-state index contributed by atoms with van der Waals surface area (Å²) < 4.78 is 6.75. The Kier molecular flexibility index (Phi) is 8.12. The molecule has 1 heterocycles. The number of fused-ring (bicyclic) bond motifs is 1. The molecule has 0 saturated carbocycles. The topological polar surface area (TPSA) is 64.4 Å². The molecule has 0 aliphatic rings. The molecule has 0 spiro atoms. The van der Waals surface area contributed by atoms with Crippen LogP contribution in [-0.4, -0.2) is 41.0 Å². The van der Waals surface area contributed by atoms with E-state index >= 15 is 0 Å². The molecule has 0 fully saturated rings. The molecule has 0 atom stereocenters. The Hall–Kier alpha value is -2.35. The number of nitrogens with zero attached hydrogens (tertiary/aromatic N) is 3. The monoisotopic (exact) mass is 459 g/mol. The summed E-state index contributed by atoms with van der Waals surface area (Å²) in [5.41, 5.74) is 1.23. The zero-order chi connectivity index (χ0) is 22.4. The number of hydrogen-bond acceptors (Lipinski definition) is 5. The molecule has 0 radical (unpaired) electrons. The fourth-order valence-corrected chi connectivity index (χ4v) is 4.41. The predicted molar refractivity (Wildman–Crippen MR) is 127 cm³/mol. The molecule has 31 heavy (non-hydrogen) atoms. The lowest BCUT2D eigenvalue weighted by Gasteiger charge is -2.27. The van der Waals surface area contributed by atoms with Crippen LogP contribution >= 0.6 is 23.4 Å². The standard InChI is InChI=1S/C23H26ClN3O3S/c1-16(2)27(18-8-5-4-6-9-18)21(28)15-31-23-25-20-14-17(24)10-11-19(20)22(29)26(23)12-7-13-30-3/h4-6,8-11,14,16H,7,12-13,15H2,1-3H3. The van der Waals surface area contributed by atoms with Crippen LogP contribution in [0.3, 0.4) is 0 Å². The molecule has 3 aromatic rings. The summed E-state index contributed by atoms with van der Waals surface area (Å²) in [5, 5.41) is 1.52. The Labute approximate surface area is 191 Å². The number of ether oxygens (including phenoxy) is 1. The SMILES string of the molecule is COCCCn1c(SCC(=O)N(c2ccccc2)C(C)C)nc2cc(Cl)ccc2c1=O. The number of hydrogen-bond donors (Lipinski definition) is 0. The fourth-order valence-electron chi connectivity index (χ4n) is 3.36. The minimum Gasteiger partial charge on any atom is -0.385 e. The van der Waals surface area contributed by atoms with Crippen molar-refractivity contribution >= 4 is 45.9 Å². The second-order valence-electron chi connectivity index (χ2n) is 7.34. The van der Waals surface area contributed by atoms with E-state index < -0.39 is 0 Å². The summed E-state index contributed by atoms with van der Waals surface area (Å²) in [6.45, 7) is 4.95. The minimum atomic E-state index is -0.142. The highest BCUT2D eigenvalue weighted by Crippen LogP contribution is 2.23. The van der Waals surface area contributed by atoms with E-state index in [4.69, 9.17) is 16.3 Å². The van der Waals surface area contributed by atoms with Gasteiger partial charge in [-0.05, 0) is 50.6 Å². The summed E-state index contributed by atoms with van der Waals surface area (Å²) in [4.78, 5) is 32.6. The van der Waals surface area contributed by atoms with E-state index in [-0.39, 0.29) is 23.3 Å². The second kappa shape index (κ2) is 10.8. The van der Waals surface area contributed by atoms with Crippen LogP contribution in [0.25, 0.3) is 10.9 Å². The van der Waals surface area contributed by atoms with Gasteiger partial charge in [0.05, 0.1) is 16.7 Å². The maximum Gasteiger partial charge on any atom is 0.262 e. The van der Waals surface area contributed by atoms with E-state index in [2.05, 4.69) is 4.98 Å². The minimum absolute atomic E-state index is 0.00256. The smallest absolute Gasteiger partial charge is 0.262 e. The highest BCUT2D eigenvalue weighted by atomic mass is 35.5. The number of halogens is 1. The van der Waals surface area contributed by atoms with Crippen LogP contribution in [0.5, 0.6) is 0 Å². The number of carbonyl (C=O) groups is 1. The summed E-state index contributed by atoms with van der Waals surface area (Å²) in [5.74, 6) is 0.116. The fraction of sp³-hybridized carbons (Fsp3) is 0.348. The first-order chi connectivity index (χ1) is 14.9. The van der Waals surface area contributed by atoms with Crippen LogP contribution in [0, 0.1) is 0 Å². The van der Waals surface area contributed by atoms with Crippen LogP contribution < -0.4 is 10.5 Å². The number of anilines is 1. The lowest BCUT2D eigenvalue weighted by Crippen LogP contribution is -2.38. The van der Waals surface area contributed by atoms with Crippen molar-refractivity contribution in [2.45, 2.75) is 38.0 Å². The molecule has 0 bridgehead atoms. The number of methoxy groups -OCH3 is 1. The molecular weight excluding hydrogens is 434 g/mol. The molecule has 0 N–H and O–H groups in total. The third kappa shape index (κ3) is 5.67. The van der Waals surface area contributed by atoms with Crippen molar-refractivity contribution in [3.8, 4) is 0 Å². The summed E-state index contributed by atoms with van der Waals surface area (Å²) >= 11 is 7.37. The van der Waals surface area contributed by atoms with Crippen LogP contribution in [-0.2, 0) is 16.1 Å². The molecule has 3 rings (SSSR count). The zero-order valence-electron chi connectivity index (χ0n) is 17.9. The van der Waals surface area contributed by atoms with Crippen molar-refractivity contribution in [3.05, 3.63) is 63.9 Å². The normalized spacial score (nSPS) is 11.3. The van der Waals surface area contributed by atoms with Gasteiger partial charge in [0.2, 0.25) is 5.91 Å². The number of para-hydroxylation sites is 1. The lowest BCUT2D eigenvalue weighted by molar-refractivity contribution is -0.116. The Balaban J connectivity index is 1.90. The highest BCUT2D eigenvalue weighted by molar-refractivity contribution is 7.99. The molecule has 1 aromatic heterocycles. The highest BCUT2D eigenvalue weighted by Gasteiger charge is 2.20. The second-order valence-corrected chi connectivity index (χ2v) is 8.72. The van der Waals surface area contributed by atoms with E-state index in [1.165, 1.54) is 11.8 Å². The van der Waals surface area contributed by atoms with Gasteiger partial charge in [-0.1, -0.05) is 41.6 Å². The Morgan fingerprint density at radius 2 is 1.97 bits per heavy atom. The number of amides is 1. The van der Waals surface area contributed by atoms with E-state index in [1.54, 1.807) is 34.8 Å². The van der Waals surface area contributed by atoms with E-state index in [1.807, 2.05) is 44.2 Å². The van der Waals surface area contributed by atoms with Gasteiger partial charge in [0, 0.05) is 37.0 Å². The maximum atomic E-state index is 13.1. The summed E-state index contributed by atoms with van der Waals surface area (Å²) in [7, 11) is 1.63. The molecule has 1 amide bonds. The first kappa shape index (κ1) is 23.3. The molecule has 0 saturated heterocycles. The quantitative estimate of drug-likeness (QED) is 0.265. The number of carbonyl (C=O) groups excluding carboxylic acids is 1. The first-order valence-corrected chi connectivity index (χ1v) is 11.5. The average molecular weight is 460 g/mol. The molecule has 164 valence electrons. The van der Waals surface area contributed by atoms with Crippen LogP contribution in [0.15, 0.2) is 58.5 Å². The lowest BCUT2D eigenvalue weighted by atomic mass is 10.2. The van der Waals surface area contributed by atoms with Crippen molar-refractivity contribution in [2.75, 3.05) is 24.4 Å². The molecule has 6 nitrogen and oxygen atoms in total. The van der Waals surface area contributed by atoms with Gasteiger partial charge in [-0.3, -0.25) is 14.2 Å². The van der Waals surface area contributed by atoms with E-state index in [0.29, 0.717) is 40.7 Å². The number of rotatable bonds is 9. The Bertz CT molecular complexity index is 1100. The van der Waals surface area contributed by atoms with Crippen LogP contribution in [0.1, 0.15) is 20.3 Å². The zero-order valence-corrected chi connectivity index (χ0v) is 19.4. The van der Waals surface area contributed by atoms with Crippen molar-refractivity contribution in [1.29, 1.82) is 0 Å². The number of benzene rings is 2. The van der Waals surface area contributed by atoms with Gasteiger partial charge in [-0.25, -0.2) is 4.98 Å². The van der Waals surface area contributed by atoms with Gasteiger partial charge >= 0.3 is 0 Å². The third-order valence-corrected chi connectivity index (χ3v) is 5.95. The number of aromatic nitrogens is 2. The predicted octanol–water partition coefficient (Wildman–Crippen LogP) is 4.62. The molecule has 2 aromatic carbocycles. The van der Waals surface area contributed by atoms with Crippen LogP contribution in [0.4, 0.5) is 5.69 Å². The Morgan fingerprint density at radius 1 is 1.23 bits per heavy atom. The molecule has 0 unspecified atom stereocenters. The molecule has 0 aliphatic carbocycles. The third-order valence-electron chi connectivity index (χ3n) is 4.76. The van der Waals surface area contributed by atoms with Gasteiger partial charge in [-0.15, -0.1) is 0 Å². The summed E-state index contributed by atoms with van der Waals surface area (Å²) in [6.07, 6.45) is 0.667. The largest absolute Gasteiger partial charge is 0.385 e. The summed E-state index contributed by atoms with van der Waals surface area (Å²) in [6, 6.07) is 14.6. The van der Waals surface area contributed by atoms with Gasteiger partial charge in [0.1, 0.15) is 0 Å². The Morgan fingerprint density at radius 3 is 2.65 bits per heavy atom. The maximum absolute atomic E-state index is 13.1. The van der Waals surface area contributed by atoms with Crippen molar-refractivity contribution in [1.82, 2.24) is 9.55 Å². The van der Waals surface area contributed by atoms with Crippen molar-refractivity contribution in [2.24, 2.45) is 0 Å². The van der Waals surface area contributed by atoms with Crippen LogP contribution in [0.2, 0.25) is 5.02 Å². The van der Waals surface area contributed by atoms with E-state index in [0.717, 1.165) is 5.69 Å². The molecule has 8 heteroatoms. The van der Waals surface area contributed by atoms with Gasteiger partial charge in [0.25, 0.3) is 5.56 Å². The van der Waals surface area contributed by atoms with Crippen molar-refractivity contribution in [3.63, 3.8) is 0 Å². The van der Waals surface area contributed by atoms with Gasteiger partial charge in [0.15, 0.2) is 5.16 Å². The van der Waals surface area contributed by atoms with Gasteiger partial charge in [-0.2, -0.15) is 0 Å². The number of thioether (sulfide) groups is 1.